The van der Waals surface area contributed by atoms with Crippen LogP contribution in [0.1, 0.15) is 29.3 Å². The number of thiophene rings is 1. The number of amides is 1. The molecule has 4 rings (SSSR count). The average molecular weight is 382 g/mol. The van der Waals surface area contributed by atoms with E-state index in [1.54, 1.807) is 4.90 Å². The number of aliphatic carboxylic acids is 1. The number of fused-ring (bicyclic) bond motifs is 1. The maximum Gasteiger partial charge on any atom is 0.305 e. The van der Waals surface area contributed by atoms with Crippen molar-refractivity contribution in [1.82, 2.24) is 9.88 Å². The number of oxazole rings is 1. The largest absolute Gasteiger partial charge is 0.481 e. The number of aromatic nitrogens is 1. The number of hydrogen-bond acceptors (Lipinski definition) is 5. The zero-order chi connectivity index (χ0) is 18.8. The van der Waals surface area contributed by atoms with Crippen molar-refractivity contribution in [2.45, 2.75) is 25.3 Å². The molecule has 1 amide bonds. The molecule has 0 spiro atoms. The molecule has 0 saturated heterocycles. The molecule has 3 aromatic rings. The predicted molar refractivity (Wildman–Crippen MR) is 100 cm³/mol. The summed E-state index contributed by atoms with van der Waals surface area (Å²) in [5.74, 6) is -0.559. The fourth-order valence-corrected chi connectivity index (χ4v) is 4.15. The molecule has 2 aromatic heterocycles. The highest BCUT2D eigenvalue weighted by atomic mass is 32.1. The second-order valence-electron chi connectivity index (χ2n) is 6.45. The third-order valence-electron chi connectivity index (χ3n) is 4.72. The first kappa shape index (κ1) is 17.5. The lowest BCUT2D eigenvalue weighted by Gasteiger charge is -2.36. The minimum atomic E-state index is -0.920. The number of nitrogens with zero attached hydrogens (tertiary/aromatic N) is 2. The minimum Gasteiger partial charge on any atom is -0.481 e. The lowest BCUT2D eigenvalue weighted by Crippen LogP contribution is -2.41. The molecule has 1 aliphatic heterocycles. The molecule has 1 N–H and O–H groups in total. The Morgan fingerprint density at radius 1 is 1.26 bits per heavy atom. The lowest BCUT2D eigenvalue weighted by molar-refractivity contribution is -0.141. The summed E-state index contributed by atoms with van der Waals surface area (Å²) in [5.41, 5.74) is 2.57. The van der Waals surface area contributed by atoms with Gasteiger partial charge in [-0.3, -0.25) is 9.59 Å². The van der Waals surface area contributed by atoms with Crippen LogP contribution in [-0.4, -0.2) is 33.4 Å². The second kappa shape index (κ2) is 7.36. The summed E-state index contributed by atoms with van der Waals surface area (Å²) in [5, 5.41) is 11.3. The SMILES string of the molecule is O=C(O)C[C@@H]1c2ccccc2CCN1C(=O)Cc1coc(-c2cccs2)n1. The van der Waals surface area contributed by atoms with Gasteiger partial charge >= 0.3 is 5.97 Å². The monoisotopic (exact) mass is 382 g/mol. The van der Waals surface area contributed by atoms with Gasteiger partial charge in [-0.1, -0.05) is 30.3 Å². The van der Waals surface area contributed by atoms with Crippen LogP contribution in [-0.2, 0) is 22.4 Å². The zero-order valence-electron chi connectivity index (χ0n) is 14.5. The van der Waals surface area contributed by atoms with Gasteiger partial charge in [-0.2, -0.15) is 0 Å². The van der Waals surface area contributed by atoms with Crippen LogP contribution in [0.2, 0.25) is 0 Å². The summed E-state index contributed by atoms with van der Waals surface area (Å²) in [7, 11) is 0. The van der Waals surface area contributed by atoms with E-state index < -0.39 is 12.0 Å². The third-order valence-corrected chi connectivity index (χ3v) is 5.57. The summed E-state index contributed by atoms with van der Waals surface area (Å²) in [6.45, 7) is 0.503. The number of carbonyl (C=O) groups is 2. The maximum absolute atomic E-state index is 12.9. The lowest BCUT2D eigenvalue weighted by atomic mass is 9.90. The highest BCUT2D eigenvalue weighted by molar-refractivity contribution is 7.13. The van der Waals surface area contributed by atoms with E-state index in [1.165, 1.54) is 17.6 Å². The topological polar surface area (TPSA) is 83.6 Å². The Morgan fingerprint density at radius 3 is 2.89 bits per heavy atom. The molecule has 0 fully saturated rings. The molecule has 138 valence electrons. The van der Waals surface area contributed by atoms with Crippen LogP contribution >= 0.6 is 11.3 Å². The Morgan fingerprint density at radius 2 is 2.11 bits per heavy atom. The van der Waals surface area contributed by atoms with Crippen molar-refractivity contribution in [1.29, 1.82) is 0 Å². The Labute approximate surface area is 160 Å². The van der Waals surface area contributed by atoms with Gasteiger partial charge in [0.2, 0.25) is 11.8 Å². The molecule has 1 aliphatic rings. The number of hydrogen-bond donors (Lipinski definition) is 1. The van der Waals surface area contributed by atoms with Crippen LogP contribution in [0.15, 0.2) is 52.5 Å². The number of benzene rings is 1. The molecule has 6 nitrogen and oxygen atoms in total. The second-order valence-corrected chi connectivity index (χ2v) is 7.40. The van der Waals surface area contributed by atoms with Crippen molar-refractivity contribution < 1.29 is 19.1 Å². The molecule has 0 aliphatic carbocycles. The van der Waals surface area contributed by atoms with Crippen LogP contribution in [0.4, 0.5) is 0 Å². The Kier molecular flexibility index (Phi) is 4.77. The molecule has 1 aromatic carbocycles. The van der Waals surface area contributed by atoms with Gasteiger partial charge in [0.05, 0.1) is 29.5 Å². The minimum absolute atomic E-state index is 0.0904. The molecule has 1 atom stereocenters. The van der Waals surface area contributed by atoms with Gasteiger partial charge in [0.1, 0.15) is 6.26 Å². The van der Waals surface area contributed by atoms with Crippen molar-refractivity contribution in [3.63, 3.8) is 0 Å². The highest BCUT2D eigenvalue weighted by Crippen LogP contribution is 2.33. The normalized spacial score (nSPS) is 16.1. The first-order valence-electron chi connectivity index (χ1n) is 8.69. The van der Waals surface area contributed by atoms with Crippen LogP contribution in [0, 0.1) is 0 Å². The maximum atomic E-state index is 12.9. The molecule has 3 heterocycles. The van der Waals surface area contributed by atoms with Crippen LogP contribution in [0.5, 0.6) is 0 Å². The third kappa shape index (κ3) is 3.64. The van der Waals surface area contributed by atoms with E-state index in [0.29, 0.717) is 18.1 Å². The van der Waals surface area contributed by atoms with E-state index in [9.17, 15) is 14.7 Å². The molecule has 27 heavy (non-hydrogen) atoms. The summed E-state index contributed by atoms with van der Waals surface area (Å²) >= 11 is 1.52. The smallest absolute Gasteiger partial charge is 0.305 e. The average Bonchev–Trinajstić information content (AvgIpc) is 3.33. The molecule has 7 heteroatoms. The first-order chi connectivity index (χ1) is 13.1. The van der Waals surface area contributed by atoms with E-state index in [-0.39, 0.29) is 18.7 Å². The molecule has 0 unspecified atom stereocenters. The quantitative estimate of drug-likeness (QED) is 0.730. The van der Waals surface area contributed by atoms with Gasteiger partial charge in [-0.15, -0.1) is 11.3 Å². The predicted octanol–water partition coefficient (Wildman–Crippen LogP) is 3.55. The summed E-state index contributed by atoms with van der Waals surface area (Å²) < 4.78 is 5.48. The number of carboxylic acid groups (broad SMARTS) is 1. The summed E-state index contributed by atoms with van der Waals surface area (Å²) in [6.07, 6.45) is 2.20. The number of carbonyl (C=O) groups excluding carboxylic acids is 1. The summed E-state index contributed by atoms with van der Waals surface area (Å²) in [6, 6.07) is 11.1. The van der Waals surface area contributed by atoms with E-state index in [1.807, 2.05) is 41.8 Å². The van der Waals surface area contributed by atoms with Crippen molar-refractivity contribution in [3.05, 3.63) is 64.9 Å². The molecule has 0 bridgehead atoms. The van der Waals surface area contributed by atoms with Crippen LogP contribution in [0.25, 0.3) is 10.8 Å². The molecular formula is C20H18N2O4S. The van der Waals surface area contributed by atoms with E-state index in [0.717, 1.165) is 22.4 Å². The van der Waals surface area contributed by atoms with Crippen molar-refractivity contribution in [2.75, 3.05) is 6.54 Å². The van der Waals surface area contributed by atoms with Gasteiger partial charge < -0.3 is 14.4 Å². The van der Waals surface area contributed by atoms with E-state index in [4.69, 9.17) is 4.42 Å². The first-order valence-corrected chi connectivity index (χ1v) is 9.57. The van der Waals surface area contributed by atoms with Gasteiger partial charge in [-0.05, 0) is 29.0 Å². The standard InChI is InChI=1S/C20H18N2O4S/c23-18(10-14-12-26-20(21-14)17-6-3-9-27-17)22-8-7-13-4-1-2-5-15(13)16(22)11-19(24)25/h1-6,9,12,16H,7-8,10-11H2,(H,24,25)/t16-/m1/s1. The molecular weight excluding hydrogens is 364 g/mol. The van der Waals surface area contributed by atoms with Crippen molar-refractivity contribution in [3.8, 4) is 10.8 Å². The van der Waals surface area contributed by atoms with Crippen molar-refractivity contribution >= 4 is 23.2 Å². The number of carboxylic acids is 1. The fourth-order valence-electron chi connectivity index (χ4n) is 3.49. The fraction of sp³-hybridized carbons (Fsp3) is 0.250. The zero-order valence-corrected chi connectivity index (χ0v) is 15.3. The van der Waals surface area contributed by atoms with Gasteiger partial charge in [0.15, 0.2) is 0 Å². The molecule has 0 radical (unpaired) electrons. The Balaban J connectivity index is 1.54. The Bertz CT molecular complexity index is 964. The highest BCUT2D eigenvalue weighted by Gasteiger charge is 2.32. The van der Waals surface area contributed by atoms with Crippen LogP contribution in [0.3, 0.4) is 0 Å². The Hall–Kier alpha value is -2.93. The van der Waals surface area contributed by atoms with E-state index >= 15 is 0 Å². The van der Waals surface area contributed by atoms with Gasteiger partial charge in [0.25, 0.3) is 0 Å². The summed E-state index contributed by atoms with van der Waals surface area (Å²) in [4.78, 5) is 31.3. The van der Waals surface area contributed by atoms with Gasteiger partial charge in [-0.25, -0.2) is 4.98 Å². The van der Waals surface area contributed by atoms with Gasteiger partial charge in [0, 0.05) is 6.54 Å². The van der Waals surface area contributed by atoms with E-state index in [2.05, 4.69) is 4.98 Å². The number of rotatable bonds is 5. The van der Waals surface area contributed by atoms with Crippen molar-refractivity contribution in [2.24, 2.45) is 0 Å². The molecule has 0 saturated carbocycles. The van der Waals surface area contributed by atoms with Crippen LogP contribution < -0.4 is 0 Å².